The molecule has 2 N–H and O–H groups in total. The standard InChI is InChI=1S/C16H11Cl2NO6/c17-10-2-4-14(19(24)25)9(5-10)7-12(16(22)23)11-6-8(15(20)21)1-3-13(11)18/h1-6,12H,7H2,(H,20,21)(H,22,23)/t12-/m1/s1. The molecular weight excluding hydrogens is 373 g/mol. The van der Waals surface area contributed by atoms with Gasteiger partial charge in [-0.2, -0.15) is 0 Å². The van der Waals surface area contributed by atoms with E-state index in [-0.39, 0.29) is 38.8 Å². The molecule has 0 saturated carbocycles. The van der Waals surface area contributed by atoms with Crippen LogP contribution in [0, 0.1) is 10.1 Å². The minimum absolute atomic E-state index is 0.0575. The Kier molecular flexibility index (Phi) is 5.61. The summed E-state index contributed by atoms with van der Waals surface area (Å²) >= 11 is 11.9. The van der Waals surface area contributed by atoms with Crippen molar-refractivity contribution >= 4 is 40.8 Å². The number of carbonyl (C=O) groups is 2. The van der Waals surface area contributed by atoms with E-state index in [0.717, 1.165) is 6.07 Å². The van der Waals surface area contributed by atoms with Gasteiger partial charge in [-0.1, -0.05) is 23.2 Å². The summed E-state index contributed by atoms with van der Waals surface area (Å²) in [6.07, 6.45) is -0.269. The molecule has 0 aromatic heterocycles. The van der Waals surface area contributed by atoms with Crippen molar-refractivity contribution in [3.8, 4) is 0 Å². The molecule has 0 aliphatic heterocycles. The van der Waals surface area contributed by atoms with Gasteiger partial charge in [-0.3, -0.25) is 14.9 Å². The first-order valence-electron chi connectivity index (χ1n) is 6.89. The average Bonchev–Trinajstić information content (AvgIpc) is 2.52. The molecule has 2 aromatic carbocycles. The van der Waals surface area contributed by atoms with Crippen LogP contribution in [-0.4, -0.2) is 27.1 Å². The largest absolute Gasteiger partial charge is 0.481 e. The maximum Gasteiger partial charge on any atom is 0.335 e. The number of nitrogens with zero attached hydrogens (tertiary/aromatic N) is 1. The quantitative estimate of drug-likeness (QED) is 0.574. The first kappa shape index (κ1) is 18.7. The number of aliphatic carboxylic acids is 1. The predicted octanol–water partition coefficient (Wildman–Crippen LogP) is 4.01. The molecule has 0 aliphatic carbocycles. The lowest BCUT2D eigenvalue weighted by atomic mass is 9.90. The molecular formula is C16H11Cl2NO6. The van der Waals surface area contributed by atoms with Gasteiger partial charge in [0.05, 0.1) is 16.4 Å². The van der Waals surface area contributed by atoms with E-state index in [2.05, 4.69) is 0 Å². The SMILES string of the molecule is O=C(O)c1ccc(Cl)c([C@@H](Cc2cc(Cl)ccc2[N+](=O)[O-])C(=O)O)c1. The molecule has 7 nitrogen and oxygen atoms in total. The molecule has 0 heterocycles. The van der Waals surface area contributed by atoms with E-state index in [9.17, 15) is 24.8 Å². The first-order valence-corrected chi connectivity index (χ1v) is 7.64. The Balaban J connectivity index is 2.53. The molecule has 25 heavy (non-hydrogen) atoms. The number of hydrogen-bond acceptors (Lipinski definition) is 4. The summed E-state index contributed by atoms with van der Waals surface area (Å²) in [5.74, 6) is -3.81. The van der Waals surface area contributed by atoms with E-state index in [0.29, 0.717) is 0 Å². The van der Waals surface area contributed by atoms with Gasteiger partial charge in [0, 0.05) is 21.7 Å². The zero-order valence-corrected chi connectivity index (χ0v) is 14.0. The van der Waals surface area contributed by atoms with Crippen LogP contribution in [-0.2, 0) is 11.2 Å². The van der Waals surface area contributed by atoms with Crippen molar-refractivity contribution in [1.82, 2.24) is 0 Å². The third kappa shape index (κ3) is 4.26. The highest BCUT2D eigenvalue weighted by Gasteiger charge is 2.27. The van der Waals surface area contributed by atoms with Crippen LogP contribution in [0.4, 0.5) is 5.69 Å². The number of carboxylic acid groups (broad SMARTS) is 2. The highest BCUT2D eigenvalue weighted by atomic mass is 35.5. The summed E-state index contributed by atoms with van der Waals surface area (Å²) in [7, 11) is 0. The fourth-order valence-electron chi connectivity index (χ4n) is 2.39. The first-order chi connectivity index (χ1) is 11.7. The number of hydrogen-bond donors (Lipinski definition) is 2. The molecule has 0 unspecified atom stereocenters. The molecule has 2 rings (SSSR count). The van der Waals surface area contributed by atoms with Gasteiger partial charge in [0.2, 0.25) is 0 Å². The molecule has 1 atom stereocenters. The molecule has 0 spiro atoms. The fraction of sp³-hybridized carbons (Fsp3) is 0.125. The third-order valence-electron chi connectivity index (χ3n) is 3.58. The van der Waals surface area contributed by atoms with Crippen LogP contribution >= 0.6 is 23.2 Å². The molecule has 0 aliphatic rings. The van der Waals surface area contributed by atoms with Gasteiger partial charge in [-0.05, 0) is 42.3 Å². The van der Waals surface area contributed by atoms with E-state index >= 15 is 0 Å². The van der Waals surface area contributed by atoms with Crippen LogP contribution in [0.1, 0.15) is 27.4 Å². The summed E-state index contributed by atoms with van der Waals surface area (Å²) in [5.41, 5.74) is -0.238. The number of nitro groups is 1. The van der Waals surface area contributed by atoms with Crippen molar-refractivity contribution in [1.29, 1.82) is 0 Å². The van der Waals surface area contributed by atoms with Gasteiger partial charge in [0.1, 0.15) is 0 Å². The molecule has 0 saturated heterocycles. The van der Waals surface area contributed by atoms with Crippen molar-refractivity contribution in [3.63, 3.8) is 0 Å². The Morgan fingerprint density at radius 3 is 2.36 bits per heavy atom. The normalized spacial score (nSPS) is 11.8. The molecule has 2 aromatic rings. The van der Waals surface area contributed by atoms with Crippen LogP contribution in [0.5, 0.6) is 0 Å². The monoisotopic (exact) mass is 383 g/mol. The van der Waals surface area contributed by atoms with Crippen molar-refractivity contribution in [2.45, 2.75) is 12.3 Å². The van der Waals surface area contributed by atoms with Crippen LogP contribution in [0.15, 0.2) is 36.4 Å². The van der Waals surface area contributed by atoms with Crippen molar-refractivity contribution < 1.29 is 24.7 Å². The molecule has 0 amide bonds. The second kappa shape index (κ2) is 7.50. The zero-order chi connectivity index (χ0) is 18.7. The molecule has 0 fully saturated rings. The Morgan fingerprint density at radius 2 is 1.80 bits per heavy atom. The van der Waals surface area contributed by atoms with Gasteiger partial charge in [-0.25, -0.2) is 4.79 Å². The molecule has 0 radical (unpaired) electrons. The second-order valence-electron chi connectivity index (χ2n) is 5.17. The minimum Gasteiger partial charge on any atom is -0.481 e. The zero-order valence-electron chi connectivity index (χ0n) is 12.5. The average molecular weight is 384 g/mol. The number of halogens is 2. The Bertz CT molecular complexity index is 868. The number of nitro benzene ring substituents is 1. The van der Waals surface area contributed by atoms with Crippen LogP contribution in [0.25, 0.3) is 0 Å². The summed E-state index contributed by atoms with van der Waals surface area (Å²) in [6, 6.07) is 7.50. The second-order valence-corrected chi connectivity index (χ2v) is 6.01. The number of benzene rings is 2. The third-order valence-corrected chi connectivity index (χ3v) is 4.16. The van der Waals surface area contributed by atoms with E-state index in [1.54, 1.807) is 0 Å². The van der Waals surface area contributed by atoms with Gasteiger partial charge in [0.15, 0.2) is 0 Å². The Morgan fingerprint density at radius 1 is 1.12 bits per heavy atom. The summed E-state index contributed by atoms with van der Waals surface area (Å²) < 4.78 is 0. The predicted molar refractivity (Wildman–Crippen MR) is 90.6 cm³/mol. The number of rotatable bonds is 6. The van der Waals surface area contributed by atoms with E-state index in [1.807, 2.05) is 0 Å². The van der Waals surface area contributed by atoms with E-state index < -0.39 is 22.8 Å². The van der Waals surface area contributed by atoms with Crippen LogP contribution < -0.4 is 0 Å². The van der Waals surface area contributed by atoms with Gasteiger partial charge >= 0.3 is 11.9 Å². The van der Waals surface area contributed by atoms with Crippen LogP contribution in [0.3, 0.4) is 0 Å². The molecule has 130 valence electrons. The summed E-state index contributed by atoms with van der Waals surface area (Å²) in [6.45, 7) is 0. The van der Waals surface area contributed by atoms with E-state index in [1.165, 1.54) is 30.3 Å². The van der Waals surface area contributed by atoms with E-state index in [4.69, 9.17) is 28.3 Å². The maximum absolute atomic E-state index is 11.7. The topological polar surface area (TPSA) is 118 Å². The van der Waals surface area contributed by atoms with Gasteiger partial charge < -0.3 is 10.2 Å². The van der Waals surface area contributed by atoms with Gasteiger partial charge in [-0.15, -0.1) is 0 Å². The lowest BCUT2D eigenvalue weighted by molar-refractivity contribution is -0.385. The van der Waals surface area contributed by atoms with Crippen molar-refractivity contribution in [2.75, 3.05) is 0 Å². The van der Waals surface area contributed by atoms with Crippen molar-refractivity contribution in [2.24, 2.45) is 0 Å². The summed E-state index contributed by atoms with van der Waals surface area (Å²) in [5, 5.41) is 30.0. The Hall–Kier alpha value is -2.64. The lowest BCUT2D eigenvalue weighted by Gasteiger charge is -2.15. The molecule has 0 bridgehead atoms. The van der Waals surface area contributed by atoms with Crippen LogP contribution in [0.2, 0.25) is 10.0 Å². The number of carboxylic acids is 2. The molecule has 9 heteroatoms. The highest BCUT2D eigenvalue weighted by molar-refractivity contribution is 6.32. The minimum atomic E-state index is -1.29. The maximum atomic E-state index is 11.7. The Labute approximate surface area is 151 Å². The smallest absolute Gasteiger partial charge is 0.335 e. The lowest BCUT2D eigenvalue weighted by Crippen LogP contribution is -2.16. The summed E-state index contributed by atoms with van der Waals surface area (Å²) in [4.78, 5) is 33.3. The highest BCUT2D eigenvalue weighted by Crippen LogP contribution is 2.33. The number of aromatic carboxylic acids is 1. The van der Waals surface area contributed by atoms with Gasteiger partial charge in [0.25, 0.3) is 5.69 Å². The van der Waals surface area contributed by atoms with Crippen molar-refractivity contribution in [3.05, 3.63) is 73.2 Å². The fourth-order valence-corrected chi connectivity index (χ4v) is 2.83.